The second-order valence-corrected chi connectivity index (χ2v) is 6.20. The first kappa shape index (κ1) is 11.0. The molecule has 2 bridgehead atoms. The normalized spacial score (nSPS) is 42.0. The van der Waals surface area contributed by atoms with Gasteiger partial charge in [-0.05, 0) is 43.4 Å². The zero-order chi connectivity index (χ0) is 11.2. The molecule has 0 spiro atoms. The van der Waals surface area contributed by atoms with Gasteiger partial charge in [0, 0.05) is 12.5 Å². The first-order valence-corrected chi connectivity index (χ1v) is 6.89. The minimum absolute atomic E-state index is 0.351. The molecule has 2 saturated carbocycles. The number of methoxy groups -OCH3 is 1. The summed E-state index contributed by atoms with van der Waals surface area (Å²) in [6.07, 6.45) is 7.50. The van der Waals surface area contributed by atoms with Crippen LogP contribution in [0.3, 0.4) is 0 Å². The van der Waals surface area contributed by atoms with E-state index in [1.54, 1.807) is 0 Å². The summed E-state index contributed by atoms with van der Waals surface area (Å²) in [7, 11) is 1.91. The van der Waals surface area contributed by atoms with Gasteiger partial charge in [0.1, 0.15) is 0 Å². The fourth-order valence-electron chi connectivity index (χ4n) is 4.48. The predicted octanol–water partition coefficient (Wildman–Crippen LogP) is 2.86. The quantitative estimate of drug-likeness (QED) is 0.731. The van der Waals surface area contributed by atoms with Gasteiger partial charge in [0.15, 0.2) is 0 Å². The van der Waals surface area contributed by atoms with Gasteiger partial charge in [0.25, 0.3) is 0 Å². The molecule has 0 aromatic carbocycles. The molecule has 4 atom stereocenters. The van der Waals surface area contributed by atoms with Gasteiger partial charge in [-0.1, -0.05) is 13.3 Å². The molecule has 0 amide bonds. The van der Waals surface area contributed by atoms with Gasteiger partial charge in [-0.2, -0.15) is 0 Å². The molecule has 0 radical (unpaired) electrons. The van der Waals surface area contributed by atoms with Crippen molar-refractivity contribution in [3.8, 4) is 0 Å². The summed E-state index contributed by atoms with van der Waals surface area (Å²) in [6.45, 7) is 4.15. The van der Waals surface area contributed by atoms with Crippen LogP contribution in [-0.2, 0) is 9.47 Å². The van der Waals surface area contributed by atoms with Crippen LogP contribution in [0.4, 0.5) is 0 Å². The molecule has 2 heteroatoms. The molecule has 3 aliphatic rings. The van der Waals surface area contributed by atoms with Gasteiger partial charge in [0.05, 0.1) is 19.3 Å². The maximum absolute atomic E-state index is 5.91. The standard InChI is InChI=1S/C14H24O2/c1-3-14(8-16-9-14)13(15-2)12-7-10-4-5-11(12)6-10/h10-13H,3-9H2,1-2H3. The molecule has 2 nitrogen and oxygen atoms in total. The number of hydrogen-bond acceptors (Lipinski definition) is 2. The van der Waals surface area contributed by atoms with Crippen molar-refractivity contribution in [3.63, 3.8) is 0 Å². The maximum Gasteiger partial charge on any atom is 0.0702 e. The number of fused-ring (bicyclic) bond motifs is 2. The summed E-state index contributed by atoms with van der Waals surface area (Å²) in [5.41, 5.74) is 0.351. The third-order valence-electron chi connectivity index (χ3n) is 5.52. The summed E-state index contributed by atoms with van der Waals surface area (Å²) in [5.74, 6) is 2.80. The van der Waals surface area contributed by atoms with Crippen LogP contribution in [0.15, 0.2) is 0 Å². The van der Waals surface area contributed by atoms with Gasteiger partial charge in [-0.15, -0.1) is 0 Å². The van der Waals surface area contributed by atoms with Crippen molar-refractivity contribution in [2.75, 3.05) is 20.3 Å². The van der Waals surface area contributed by atoms with Crippen molar-refractivity contribution in [2.24, 2.45) is 23.2 Å². The summed E-state index contributed by atoms with van der Waals surface area (Å²) < 4.78 is 11.4. The van der Waals surface area contributed by atoms with E-state index in [4.69, 9.17) is 9.47 Å². The van der Waals surface area contributed by atoms with Crippen molar-refractivity contribution < 1.29 is 9.47 Å². The number of ether oxygens (including phenoxy) is 2. The summed E-state index contributed by atoms with van der Waals surface area (Å²) in [6, 6.07) is 0. The van der Waals surface area contributed by atoms with Crippen molar-refractivity contribution >= 4 is 0 Å². The first-order chi connectivity index (χ1) is 7.79. The fraction of sp³-hybridized carbons (Fsp3) is 1.00. The van der Waals surface area contributed by atoms with Crippen LogP contribution in [0, 0.1) is 23.2 Å². The van der Waals surface area contributed by atoms with Crippen molar-refractivity contribution in [1.29, 1.82) is 0 Å². The Bertz CT molecular complexity index is 254. The molecule has 2 aliphatic carbocycles. The van der Waals surface area contributed by atoms with Crippen molar-refractivity contribution in [1.82, 2.24) is 0 Å². The van der Waals surface area contributed by atoms with E-state index in [-0.39, 0.29) is 0 Å². The lowest BCUT2D eigenvalue weighted by molar-refractivity contribution is -0.201. The van der Waals surface area contributed by atoms with Gasteiger partial charge < -0.3 is 9.47 Å². The Labute approximate surface area is 98.7 Å². The summed E-state index contributed by atoms with van der Waals surface area (Å²) in [5, 5.41) is 0. The smallest absolute Gasteiger partial charge is 0.0702 e. The van der Waals surface area contributed by atoms with Gasteiger partial charge in [-0.25, -0.2) is 0 Å². The first-order valence-electron chi connectivity index (χ1n) is 6.89. The Kier molecular flexibility index (Phi) is 2.75. The van der Waals surface area contributed by atoms with E-state index in [0.29, 0.717) is 11.5 Å². The molecule has 1 heterocycles. The van der Waals surface area contributed by atoms with Crippen LogP contribution >= 0.6 is 0 Å². The maximum atomic E-state index is 5.91. The predicted molar refractivity (Wildman–Crippen MR) is 63.3 cm³/mol. The molecular formula is C14H24O2. The Morgan fingerprint density at radius 2 is 2.12 bits per heavy atom. The fourth-order valence-corrected chi connectivity index (χ4v) is 4.48. The van der Waals surface area contributed by atoms with Crippen molar-refractivity contribution in [3.05, 3.63) is 0 Å². The lowest BCUT2D eigenvalue weighted by Gasteiger charge is -2.49. The molecule has 3 rings (SSSR count). The Hall–Kier alpha value is -0.0800. The summed E-state index contributed by atoms with van der Waals surface area (Å²) in [4.78, 5) is 0. The molecule has 1 aliphatic heterocycles. The average molecular weight is 224 g/mol. The van der Waals surface area contributed by atoms with Gasteiger partial charge in [0.2, 0.25) is 0 Å². The number of hydrogen-bond donors (Lipinski definition) is 0. The average Bonchev–Trinajstić information content (AvgIpc) is 2.84. The van der Waals surface area contributed by atoms with Crippen LogP contribution in [-0.4, -0.2) is 26.4 Å². The third kappa shape index (κ3) is 1.46. The topological polar surface area (TPSA) is 18.5 Å². The molecule has 16 heavy (non-hydrogen) atoms. The molecule has 3 fully saturated rings. The molecule has 4 unspecified atom stereocenters. The van der Waals surface area contributed by atoms with E-state index in [1.807, 2.05) is 7.11 Å². The van der Waals surface area contributed by atoms with E-state index < -0.39 is 0 Å². The van der Waals surface area contributed by atoms with E-state index in [1.165, 1.54) is 32.1 Å². The lowest BCUT2D eigenvalue weighted by Crippen LogP contribution is -2.55. The molecular weight excluding hydrogens is 200 g/mol. The number of rotatable bonds is 4. The highest BCUT2D eigenvalue weighted by molar-refractivity contribution is 5.01. The Morgan fingerprint density at radius 3 is 2.50 bits per heavy atom. The van der Waals surface area contributed by atoms with Crippen LogP contribution in [0.5, 0.6) is 0 Å². The zero-order valence-corrected chi connectivity index (χ0v) is 10.6. The van der Waals surface area contributed by atoms with Crippen LogP contribution in [0.1, 0.15) is 39.0 Å². The van der Waals surface area contributed by atoms with E-state index >= 15 is 0 Å². The second-order valence-electron chi connectivity index (χ2n) is 6.20. The third-order valence-corrected chi connectivity index (χ3v) is 5.52. The molecule has 0 N–H and O–H groups in total. The highest BCUT2D eigenvalue weighted by atomic mass is 16.5. The van der Waals surface area contributed by atoms with Gasteiger partial charge in [-0.3, -0.25) is 0 Å². The lowest BCUT2D eigenvalue weighted by atomic mass is 9.68. The Morgan fingerprint density at radius 1 is 1.31 bits per heavy atom. The van der Waals surface area contributed by atoms with Gasteiger partial charge >= 0.3 is 0 Å². The zero-order valence-electron chi connectivity index (χ0n) is 10.6. The molecule has 92 valence electrons. The molecule has 0 aromatic rings. The van der Waals surface area contributed by atoms with Crippen LogP contribution < -0.4 is 0 Å². The minimum Gasteiger partial charge on any atom is -0.380 e. The van der Waals surface area contributed by atoms with E-state index in [2.05, 4.69) is 6.92 Å². The Balaban J connectivity index is 1.75. The van der Waals surface area contributed by atoms with E-state index in [9.17, 15) is 0 Å². The highest BCUT2D eigenvalue weighted by Gasteiger charge is 2.53. The minimum atomic E-state index is 0.351. The SMILES string of the molecule is CCC1(C(OC)C2CC3CCC2C3)COC1. The second kappa shape index (κ2) is 3.99. The molecule has 1 saturated heterocycles. The van der Waals surface area contributed by atoms with Crippen molar-refractivity contribution in [2.45, 2.75) is 45.1 Å². The van der Waals surface area contributed by atoms with Crippen LogP contribution in [0.2, 0.25) is 0 Å². The van der Waals surface area contributed by atoms with Crippen LogP contribution in [0.25, 0.3) is 0 Å². The summed E-state index contributed by atoms with van der Waals surface area (Å²) >= 11 is 0. The highest BCUT2D eigenvalue weighted by Crippen LogP contribution is 2.54. The molecule has 0 aromatic heterocycles. The van der Waals surface area contributed by atoms with E-state index in [0.717, 1.165) is 31.0 Å². The monoisotopic (exact) mass is 224 g/mol. The largest absolute Gasteiger partial charge is 0.380 e.